The summed E-state index contributed by atoms with van der Waals surface area (Å²) in [6, 6.07) is 8.71. The number of hydrogen-bond donors (Lipinski definition) is 2. The van der Waals surface area contributed by atoms with Gasteiger partial charge in [-0.2, -0.15) is 0 Å². The highest BCUT2D eigenvalue weighted by molar-refractivity contribution is 7.80. The predicted octanol–water partition coefficient (Wildman–Crippen LogP) is 1.66. The topological polar surface area (TPSA) is 55.5 Å². The van der Waals surface area contributed by atoms with Gasteiger partial charge in [0.1, 0.15) is 5.75 Å². The smallest absolute Gasteiger partial charge is 0.253 e. The van der Waals surface area contributed by atoms with Gasteiger partial charge in [0.2, 0.25) is 0 Å². The van der Waals surface area contributed by atoms with Gasteiger partial charge in [-0.15, -0.1) is 0 Å². The van der Waals surface area contributed by atoms with Crippen LogP contribution < -0.4 is 5.73 Å². The zero-order valence-corrected chi connectivity index (χ0v) is 8.25. The van der Waals surface area contributed by atoms with Gasteiger partial charge in [0, 0.05) is 0 Å². The van der Waals surface area contributed by atoms with E-state index < -0.39 is 0 Å². The predicted molar refractivity (Wildman–Crippen MR) is 56.5 cm³/mol. The van der Waals surface area contributed by atoms with E-state index in [0.29, 0.717) is 12.4 Å². The molecule has 0 radical (unpaired) electrons. The maximum atomic E-state index is 8.63. The van der Waals surface area contributed by atoms with Gasteiger partial charge in [-0.05, 0) is 31.3 Å². The minimum Gasteiger partial charge on any atom is -0.508 e. The van der Waals surface area contributed by atoms with Crippen LogP contribution in [0.15, 0.2) is 30.3 Å². The third-order valence-electron chi connectivity index (χ3n) is 1.04. The lowest BCUT2D eigenvalue weighted by Gasteiger charge is -1.93. The van der Waals surface area contributed by atoms with Crippen molar-refractivity contribution in [1.82, 2.24) is 0 Å². The van der Waals surface area contributed by atoms with E-state index in [1.54, 1.807) is 24.3 Å². The molecular weight excluding hydrogens is 186 g/mol. The fraction of sp³-hybridized carbons (Fsp3) is 0.222. The minimum atomic E-state index is 0.123. The van der Waals surface area contributed by atoms with E-state index in [1.807, 2.05) is 13.0 Å². The summed E-state index contributed by atoms with van der Waals surface area (Å²) >= 11 is 4.35. The van der Waals surface area contributed by atoms with Crippen molar-refractivity contribution in [1.29, 1.82) is 0 Å². The molecular formula is C9H13NO2S. The van der Waals surface area contributed by atoms with Crippen LogP contribution in [-0.2, 0) is 4.74 Å². The highest BCUT2D eigenvalue weighted by Crippen LogP contribution is 2.02. The summed E-state index contributed by atoms with van der Waals surface area (Å²) in [5, 5.41) is 8.75. The van der Waals surface area contributed by atoms with Gasteiger partial charge < -0.3 is 15.6 Å². The molecule has 0 fully saturated rings. The minimum absolute atomic E-state index is 0.123. The molecule has 0 saturated heterocycles. The van der Waals surface area contributed by atoms with Gasteiger partial charge in [-0.25, -0.2) is 0 Å². The van der Waals surface area contributed by atoms with E-state index in [-0.39, 0.29) is 5.17 Å². The van der Waals surface area contributed by atoms with Crippen molar-refractivity contribution in [3.8, 4) is 5.75 Å². The van der Waals surface area contributed by atoms with Crippen molar-refractivity contribution in [2.24, 2.45) is 5.73 Å². The zero-order valence-electron chi connectivity index (χ0n) is 7.43. The summed E-state index contributed by atoms with van der Waals surface area (Å²) < 4.78 is 4.55. The van der Waals surface area contributed by atoms with Gasteiger partial charge in [-0.3, -0.25) is 0 Å². The number of hydrogen-bond acceptors (Lipinski definition) is 3. The van der Waals surface area contributed by atoms with Crippen molar-refractivity contribution in [3.63, 3.8) is 0 Å². The molecule has 1 aromatic rings. The van der Waals surface area contributed by atoms with Gasteiger partial charge in [-0.1, -0.05) is 18.2 Å². The number of phenolic OH excluding ortho intramolecular Hbond substituents is 1. The second-order valence-corrected chi connectivity index (χ2v) is 2.49. The molecule has 0 spiro atoms. The number of ether oxygens (including phenoxy) is 1. The molecule has 0 heterocycles. The number of benzene rings is 1. The first kappa shape index (κ1) is 11.7. The number of thiocarbonyl (C=S) groups is 1. The van der Waals surface area contributed by atoms with Crippen molar-refractivity contribution < 1.29 is 9.84 Å². The van der Waals surface area contributed by atoms with Crippen LogP contribution in [0, 0.1) is 0 Å². The highest BCUT2D eigenvalue weighted by atomic mass is 32.1. The van der Waals surface area contributed by atoms with Crippen LogP contribution in [0.2, 0.25) is 0 Å². The summed E-state index contributed by atoms with van der Waals surface area (Å²) in [6.45, 7) is 2.40. The third kappa shape index (κ3) is 8.62. The van der Waals surface area contributed by atoms with E-state index >= 15 is 0 Å². The average molecular weight is 199 g/mol. The molecule has 3 nitrogen and oxygen atoms in total. The molecule has 3 N–H and O–H groups in total. The van der Waals surface area contributed by atoms with E-state index in [4.69, 9.17) is 10.8 Å². The van der Waals surface area contributed by atoms with Gasteiger partial charge in [0.15, 0.2) is 0 Å². The summed E-state index contributed by atoms with van der Waals surface area (Å²) in [6.07, 6.45) is 0. The van der Waals surface area contributed by atoms with E-state index in [9.17, 15) is 0 Å². The Kier molecular flexibility index (Phi) is 6.63. The Morgan fingerprint density at radius 1 is 1.46 bits per heavy atom. The van der Waals surface area contributed by atoms with Crippen LogP contribution in [0.5, 0.6) is 5.75 Å². The second kappa shape index (κ2) is 7.36. The average Bonchev–Trinajstić information content (AvgIpc) is 2.06. The molecule has 1 aromatic carbocycles. The zero-order chi connectivity index (χ0) is 10.1. The Hall–Kier alpha value is -1.29. The van der Waals surface area contributed by atoms with E-state index in [1.165, 1.54) is 0 Å². The first-order valence-electron chi connectivity index (χ1n) is 3.83. The molecule has 0 atom stereocenters. The Labute approximate surface area is 83.1 Å². The Morgan fingerprint density at radius 3 is 2.15 bits per heavy atom. The number of nitrogens with two attached hydrogens (primary N) is 1. The van der Waals surface area contributed by atoms with Gasteiger partial charge >= 0.3 is 0 Å². The number of aromatic hydroxyl groups is 1. The summed E-state index contributed by atoms with van der Waals surface area (Å²) in [4.78, 5) is 0. The first-order valence-corrected chi connectivity index (χ1v) is 4.24. The standard InChI is InChI=1S/C6H6O.C3H7NOS/c7-6-4-2-1-3-5-6;1-2-5-3(4)6/h1-5,7H;2H2,1H3,(H2,4,6). The fourth-order valence-corrected chi connectivity index (χ4v) is 0.688. The molecule has 0 saturated carbocycles. The normalized spacial score (nSPS) is 8.08. The van der Waals surface area contributed by atoms with Crippen molar-refractivity contribution >= 4 is 17.4 Å². The summed E-state index contributed by atoms with van der Waals surface area (Å²) in [7, 11) is 0. The molecule has 0 bridgehead atoms. The van der Waals surface area contributed by atoms with E-state index in [2.05, 4.69) is 17.0 Å². The lowest BCUT2D eigenvalue weighted by Crippen LogP contribution is -2.11. The van der Waals surface area contributed by atoms with Gasteiger partial charge in [0.05, 0.1) is 6.61 Å². The molecule has 0 aromatic heterocycles. The first-order chi connectivity index (χ1) is 6.16. The van der Waals surface area contributed by atoms with Crippen LogP contribution >= 0.6 is 12.2 Å². The lowest BCUT2D eigenvalue weighted by atomic mass is 10.3. The van der Waals surface area contributed by atoms with Crippen LogP contribution in [0.4, 0.5) is 0 Å². The molecule has 0 aliphatic carbocycles. The van der Waals surface area contributed by atoms with Gasteiger partial charge in [0.25, 0.3) is 5.17 Å². The van der Waals surface area contributed by atoms with Crippen molar-refractivity contribution in [3.05, 3.63) is 30.3 Å². The molecule has 0 aliphatic heterocycles. The summed E-state index contributed by atoms with van der Waals surface area (Å²) in [5.74, 6) is 0.322. The number of para-hydroxylation sites is 1. The highest BCUT2D eigenvalue weighted by Gasteiger charge is 1.76. The molecule has 72 valence electrons. The fourth-order valence-electron chi connectivity index (χ4n) is 0.570. The van der Waals surface area contributed by atoms with Crippen LogP contribution in [0.25, 0.3) is 0 Å². The molecule has 0 unspecified atom stereocenters. The van der Waals surface area contributed by atoms with Crippen LogP contribution in [-0.4, -0.2) is 16.9 Å². The largest absolute Gasteiger partial charge is 0.508 e. The molecule has 4 heteroatoms. The second-order valence-electron chi connectivity index (χ2n) is 2.09. The molecule has 0 amide bonds. The molecule has 0 aliphatic rings. The monoisotopic (exact) mass is 199 g/mol. The SMILES string of the molecule is CCOC(N)=S.Oc1ccccc1. The Morgan fingerprint density at radius 2 is 2.00 bits per heavy atom. The molecule has 1 rings (SSSR count). The van der Waals surface area contributed by atoms with Crippen molar-refractivity contribution in [2.45, 2.75) is 6.92 Å². The Balaban J connectivity index is 0.000000226. The number of phenols is 1. The van der Waals surface area contributed by atoms with Crippen molar-refractivity contribution in [2.75, 3.05) is 6.61 Å². The Bertz CT molecular complexity index is 239. The maximum absolute atomic E-state index is 8.63. The summed E-state index contributed by atoms with van der Waals surface area (Å²) in [5.41, 5.74) is 4.91. The van der Waals surface area contributed by atoms with Crippen LogP contribution in [0.1, 0.15) is 6.92 Å². The lowest BCUT2D eigenvalue weighted by molar-refractivity contribution is 0.331. The van der Waals surface area contributed by atoms with Crippen LogP contribution in [0.3, 0.4) is 0 Å². The number of rotatable bonds is 1. The quantitative estimate of drug-likeness (QED) is 0.675. The third-order valence-corrected chi connectivity index (χ3v) is 1.16. The maximum Gasteiger partial charge on any atom is 0.253 e. The molecule has 13 heavy (non-hydrogen) atoms. The van der Waals surface area contributed by atoms with E-state index in [0.717, 1.165) is 0 Å².